The largest absolute Gasteiger partial charge is 1.00 e. The Kier molecular flexibility index (Phi) is 5.45. The van der Waals surface area contributed by atoms with Crippen LogP contribution >= 0.6 is 0 Å². The van der Waals surface area contributed by atoms with E-state index in [9.17, 15) is 0 Å². The first-order valence-corrected chi connectivity index (χ1v) is 9.37. The predicted molar refractivity (Wildman–Crippen MR) is 73.8 cm³/mol. The normalized spacial score (nSPS) is 22.9. The molecule has 0 spiro atoms. The molecule has 0 N–H and O–H groups in total. The summed E-state index contributed by atoms with van der Waals surface area (Å²) in [5.41, 5.74) is 10.2. The molecule has 4 bridgehead atoms. The molecule has 3 rings (SSSR count). The monoisotopic (exact) mass is 386 g/mol. The molecular weight excluding hydrogens is 366 g/mol. The molecule has 20 heavy (non-hydrogen) atoms. The Morgan fingerprint density at radius 1 is 0.750 bits per heavy atom. The van der Waals surface area contributed by atoms with Crippen LogP contribution in [0, 0.1) is 5.41 Å². The minimum absolute atomic E-state index is 0. The van der Waals surface area contributed by atoms with Gasteiger partial charge in [0.05, 0.1) is 0 Å². The van der Waals surface area contributed by atoms with E-state index in [-0.39, 0.29) is 30.2 Å². The van der Waals surface area contributed by atoms with Crippen molar-refractivity contribution >= 4 is 0 Å². The molecule has 3 aliphatic rings. The van der Waals surface area contributed by atoms with Crippen LogP contribution in [-0.2, 0) is 23.2 Å². The van der Waals surface area contributed by atoms with E-state index >= 15 is 0 Å². The Morgan fingerprint density at radius 3 is 1.45 bits per heavy atom. The topological polar surface area (TPSA) is 0 Å². The Hall–Kier alpha value is 0.423. The van der Waals surface area contributed by atoms with Gasteiger partial charge in [-0.3, -0.25) is 0 Å². The predicted octanol–water partition coefficient (Wildman–Crippen LogP) is -0.895. The number of fused-ring (bicyclic) bond motifs is 2. The summed E-state index contributed by atoms with van der Waals surface area (Å²) in [6.07, 6.45) is 2.58. The summed E-state index contributed by atoms with van der Waals surface area (Å²) in [6, 6.07) is 0. The van der Waals surface area contributed by atoms with Crippen molar-refractivity contribution in [2.24, 2.45) is 5.41 Å². The summed E-state index contributed by atoms with van der Waals surface area (Å²) in [5, 5.41) is 0. The SMILES string of the molecule is CC1=C2C(C)=[C](C1)[Zr+2][C]1=C(C)C(=C(C)C1)C2(C)C.[Cl-].[Cl-]. The van der Waals surface area contributed by atoms with E-state index in [1.54, 1.807) is 33.4 Å². The molecule has 1 aliphatic heterocycles. The fourth-order valence-corrected chi connectivity index (χ4v) is 8.67. The standard InChI is InChI=1S/C17H22.2ClH.Zr/c1-11-7-8-12(2)15(11)17(5,6)16-13(3)9-10-14(16)4;;;/h7,9H2,1-6H3;2*1H;/q;;;+2/p-2. The average molecular weight is 388 g/mol. The third-order valence-electron chi connectivity index (χ3n) is 4.94. The Balaban J connectivity index is 0.000001000. The Bertz CT molecular complexity index is 536. The van der Waals surface area contributed by atoms with Gasteiger partial charge >= 0.3 is 123 Å². The summed E-state index contributed by atoms with van der Waals surface area (Å²) in [7, 11) is 0. The second-order valence-electron chi connectivity index (χ2n) is 6.62. The third-order valence-corrected chi connectivity index (χ3v) is 9.14. The summed E-state index contributed by atoms with van der Waals surface area (Å²) >= 11 is -0.479. The van der Waals surface area contributed by atoms with Gasteiger partial charge in [-0.1, -0.05) is 0 Å². The smallest absolute Gasteiger partial charge is 1.00 e. The quantitative estimate of drug-likeness (QED) is 0.505. The first-order chi connectivity index (χ1) is 8.34. The van der Waals surface area contributed by atoms with Crippen LogP contribution in [0.15, 0.2) is 40.0 Å². The van der Waals surface area contributed by atoms with Crippen LogP contribution in [0.4, 0.5) is 0 Å². The van der Waals surface area contributed by atoms with Crippen molar-refractivity contribution in [1.82, 2.24) is 0 Å². The molecule has 0 radical (unpaired) electrons. The second-order valence-corrected chi connectivity index (χ2v) is 10.2. The van der Waals surface area contributed by atoms with Crippen molar-refractivity contribution in [3.63, 3.8) is 0 Å². The van der Waals surface area contributed by atoms with E-state index in [0.717, 1.165) is 0 Å². The van der Waals surface area contributed by atoms with E-state index in [4.69, 9.17) is 0 Å². The Labute approximate surface area is 147 Å². The van der Waals surface area contributed by atoms with Crippen LogP contribution in [0.25, 0.3) is 0 Å². The molecule has 3 heteroatoms. The molecule has 0 unspecified atom stereocenters. The van der Waals surface area contributed by atoms with Crippen molar-refractivity contribution in [2.45, 2.75) is 54.4 Å². The zero-order chi connectivity index (χ0) is 13.2. The van der Waals surface area contributed by atoms with Gasteiger partial charge in [0.25, 0.3) is 0 Å². The van der Waals surface area contributed by atoms with Crippen molar-refractivity contribution in [3.05, 3.63) is 40.0 Å². The van der Waals surface area contributed by atoms with Crippen LogP contribution in [0.3, 0.4) is 0 Å². The van der Waals surface area contributed by atoms with Crippen molar-refractivity contribution in [1.29, 1.82) is 0 Å². The molecule has 0 nitrogen and oxygen atoms in total. The maximum atomic E-state index is 2.44. The van der Waals surface area contributed by atoms with Gasteiger partial charge in [-0.25, -0.2) is 0 Å². The molecule has 0 saturated carbocycles. The minimum Gasteiger partial charge on any atom is -1.00 e. The van der Waals surface area contributed by atoms with Crippen LogP contribution in [0.5, 0.6) is 0 Å². The first kappa shape index (κ1) is 18.5. The molecule has 108 valence electrons. The molecule has 0 aromatic rings. The molecule has 0 fully saturated rings. The fraction of sp³-hybridized carbons (Fsp3) is 0.529. The first-order valence-electron chi connectivity index (χ1n) is 6.91. The molecule has 0 saturated heterocycles. The number of halogens is 2. The molecule has 1 heterocycles. The summed E-state index contributed by atoms with van der Waals surface area (Å²) in [6.45, 7) is 14.4. The van der Waals surface area contributed by atoms with Gasteiger partial charge in [0.15, 0.2) is 0 Å². The Morgan fingerprint density at radius 2 is 1.10 bits per heavy atom. The van der Waals surface area contributed by atoms with Crippen molar-refractivity contribution in [2.75, 3.05) is 0 Å². The van der Waals surface area contributed by atoms with Crippen LogP contribution in [0.1, 0.15) is 54.4 Å². The van der Waals surface area contributed by atoms with Gasteiger partial charge in [0.1, 0.15) is 0 Å². The van der Waals surface area contributed by atoms with Gasteiger partial charge in [-0.15, -0.1) is 0 Å². The van der Waals surface area contributed by atoms with E-state index in [1.807, 2.05) is 6.56 Å². The molecule has 0 amide bonds. The second kappa shape index (κ2) is 5.90. The minimum atomic E-state index is -0.479. The number of hydrogen-bond acceptors (Lipinski definition) is 0. The number of allylic oxidation sites excluding steroid dienone is 8. The van der Waals surface area contributed by atoms with Gasteiger partial charge in [-0.05, 0) is 0 Å². The molecule has 0 aromatic carbocycles. The fourth-order valence-electron chi connectivity index (χ4n) is 4.50. The van der Waals surface area contributed by atoms with E-state index in [1.165, 1.54) is 12.8 Å². The zero-order valence-corrected chi connectivity index (χ0v) is 17.1. The van der Waals surface area contributed by atoms with Crippen LogP contribution in [0.2, 0.25) is 0 Å². The maximum absolute atomic E-state index is 2.44. The molecule has 0 atom stereocenters. The van der Waals surface area contributed by atoms with Crippen LogP contribution in [-0.4, -0.2) is 0 Å². The van der Waals surface area contributed by atoms with E-state index in [2.05, 4.69) is 41.5 Å². The molecule has 0 aromatic heterocycles. The van der Waals surface area contributed by atoms with Gasteiger partial charge in [0, 0.05) is 0 Å². The summed E-state index contributed by atoms with van der Waals surface area (Å²) in [5.74, 6) is 0. The van der Waals surface area contributed by atoms with E-state index in [0.29, 0.717) is 0 Å². The van der Waals surface area contributed by atoms with Gasteiger partial charge in [-0.2, -0.15) is 0 Å². The third kappa shape index (κ3) is 2.39. The van der Waals surface area contributed by atoms with Crippen LogP contribution < -0.4 is 24.8 Å². The van der Waals surface area contributed by atoms with Crippen molar-refractivity contribution < 1.29 is 48.0 Å². The van der Waals surface area contributed by atoms with Gasteiger partial charge in [0.2, 0.25) is 0 Å². The molecular formula is C17H22Cl2Zr. The van der Waals surface area contributed by atoms with Crippen molar-refractivity contribution in [3.8, 4) is 0 Å². The zero-order valence-electron chi connectivity index (χ0n) is 13.2. The number of hydrogen-bond donors (Lipinski definition) is 0. The summed E-state index contributed by atoms with van der Waals surface area (Å²) in [4.78, 5) is 0. The maximum Gasteiger partial charge on any atom is -1.00 e. The molecule has 2 aliphatic carbocycles. The summed E-state index contributed by atoms with van der Waals surface area (Å²) < 4.78 is 3.70. The number of rotatable bonds is 0. The van der Waals surface area contributed by atoms with Gasteiger partial charge < -0.3 is 24.8 Å². The average Bonchev–Trinajstić information content (AvgIpc) is 2.67. The van der Waals surface area contributed by atoms with E-state index < -0.39 is 23.2 Å².